The Morgan fingerprint density at radius 2 is 1.96 bits per heavy atom. The van der Waals surface area contributed by atoms with Crippen LogP contribution in [0.25, 0.3) is 0 Å². The molecule has 0 aliphatic heterocycles. The Hall–Kier alpha value is -2.41. The van der Waals surface area contributed by atoms with Gasteiger partial charge in [0.2, 0.25) is 0 Å². The summed E-state index contributed by atoms with van der Waals surface area (Å²) in [7, 11) is 0. The average Bonchev–Trinajstić information content (AvgIpc) is 2.99. The van der Waals surface area contributed by atoms with Gasteiger partial charge < -0.3 is 9.47 Å². The van der Waals surface area contributed by atoms with Crippen molar-refractivity contribution in [3.63, 3.8) is 0 Å². The summed E-state index contributed by atoms with van der Waals surface area (Å²) in [6.07, 6.45) is 0.0929. The Bertz CT molecular complexity index is 765. The molecule has 0 saturated heterocycles. The second kappa shape index (κ2) is 8.80. The lowest BCUT2D eigenvalue weighted by atomic mass is 9.86. The number of nitrogens with one attached hydrogen (secondary N) is 1. The van der Waals surface area contributed by atoms with E-state index in [9.17, 15) is 9.59 Å². The Morgan fingerprint density at radius 3 is 2.65 bits per heavy atom. The fourth-order valence-electron chi connectivity index (χ4n) is 2.32. The van der Waals surface area contributed by atoms with Gasteiger partial charge in [0.1, 0.15) is 5.75 Å². The summed E-state index contributed by atoms with van der Waals surface area (Å²) in [6, 6.07) is 7.68. The van der Waals surface area contributed by atoms with Crippen molar-refractivity contribution in [3.8, 4) is 5.75 Å². The number of aromatic nitrogens is 1. The van der Waals surface area contributed by atoms with E-state index in [2.05, 4.69) is 31.1 Å². The van der Waals surface area contributed by atoms with Crippen LogP contribution in [0.2, 0.25) is 0 Å². The third-order valence-electron chi connectivity index (χ3n) is 3.48. The van der Waals surface area contributed by atoms with E-state index in [-0.39, 0.29) is 30.3 Å². The molecule has 1 aromatic carbocycles. The van der Waals surface area contributed by atoms with Gasteiger partial charge in [-0.15, -0.1) is 11.3 Å². The number of benzene rings is 1. The quantitative estimate of drug-likeness (QED) is 0.748. The Kier molecular flexibility index (Phi) is 6.74. The molecule has 0 fully saturated rings. The minimum absolute atomic E-state index is 0.0790. The average molecular weight is 376 g/mol. The van der Waals surface area contributed by atoms with Gasteiger partial charge in [-0.2, -0.15) is 0 Å². The Morgan fingerprint density at radius 1 is 1.23 bits per heavy atom. The van der Waals surface area contributed by atoms with Gasteiger partial charge in [0.25, 0.3) is 5.91 Å². The molecule has 6 nitrogen and oxygen atoms in total. The summed E-state index contributed by atoms with van der Waals surface area (Å²) in [5.41, 5.74) is 1.53. The van der Waals surface area contributed by atoms with E-state index in [0.29, 0.717) is 23.2 Å². The molecule has 2 rings (SSSR count). The highest BCUT2D eigenvalue weighted by Gasteiger charge is 2.19. The molecule has 26 heavy (non-hydrogen) atoms. The first-order valence-electron chi connectivity index (χ1n) is 8.41. The molecule has 140 valence electrons. The highest BCUT2D eigenvalue weighted by molar-refractivity contribution is 7.13. The number of hydrogen-bond donors (Lipinski definition) is 1. The third-order valence-corrected chi connectivity index (χ3v) is 4.29. The van der Waals surface area contributed by atoms with Crippen LogP contribution < -0.4 is 10.1 Å². The van der Waals surface area contributed by atoms with Gasteiger partial charge in [0.15, 0.2) is 11.7 Å². The van der Waals surface area contributed by atoms with Crippen molar-refractivity contribution >= 4 is 28.3 Å². The number of para-hydroxylation sites is 1. The van der Waals surface area contributed by atoms with E-state index >= 15 is 0 Å². The molecule has 0 bridgehead atoms. The molecule has 0 spiro atoms. The second-order valence-corrected chi connectivity index (χ2v) is 7.57. The van der Waals surface area contributed by atoms with Crippen molar-refractivity contribution in [1.82, 2.24) is 4.98 Å². The summed E-state index contributed by atoms with van der Waals surface area (Å²) in [5.74, 6) is 0.0563. The van der Waals surface area contributed by atoms with Gasteiger partial charge in [-0.25, -0.2) is 4.98 Å². The molecule has 0 radical (unpaired) electrons. The number of amides is 1. The molecule has 1 N–H and O–H groups in total. The zero-order chi connectivity index (χ0) is 19.2. The van der Waals surface area contributed by atoms with Crippen LogP contribution in [0.3, 0.4) is 0 Å². The molecule has 0 aliphatic carbocycles. The zero-order valence-electron chi connectivity index (χ0n) is 15.5. The van der Waals surface area contributed by atoms with Crippen molar-refractivity contribution in [1.29, 1.82) is 0 Å². The fourth-order valence-corrected chi connectivity index (χ4v) is 3.04. The number of anilines is 1. The molecule has 0 unspecified atom stereocenters. The predicted molar refractivity (Wildman–Crippen MR) is 102 cm³/mol. The van der Waals surface area contributed by atoms with Crippen LogP contribution in [0.1, 0.15) is 39.0 Å². The van der Waals surface area contributed by atoms with E-state index in [1.165, 1.54) is 11.3 Å². The van der Waals surface area contributed by atoms with Crippen LogP contribution >= 0.6 is 11.3 Å². The summed E-state index contributed by atoms with van der Waals surface area (Å²) in [5, 5.41) is 4.84. The molecular formula is C19H24N2O4S. The summed E-state index contributed by atoms with van der Waals surface area (Å²) in [4.78, 5) is 27.8. The van der Waals surface area contributed by atoms with E-state index in [4.69, 9.17) is 9.47 Å². The first-order valence-corrected chi connectivity index (χ1v) is 9.29. The normalized spacial score (nSPS) is 11.1. The highest BCUT2D eigenvalue weighted by Crippen LogP contribution is 2.30. The van der Waals surface area contributed by atoms with Gasteiger partial charge in [0.05, 0.1) is 18.7 Å². The second-order valence-electron chi connectivity index (χ2n) is 6.71. The first-order chi connectivity index (χ1) is 12.3. The third kappa shape index (κ3) is 5.84. The molecule has 7 heteroatoms. The molecule has 0 saturated carbocycles. The number of hydrogen-bond acceptors (Lipinski definition) is 6. The van der Waals surface area contributed by atoms with Gasteiger partial charge in [-0.3, -0.25) is 14.9 Å². The number of rotatable bonds is 7. The molecule has 1 heterocycles. The molecular weight excluding hydrogens is 352 g/mol. The SMILES string of the molecule is CCOC(=O)Cc1csc(NC(=O)COc2ccccc2C(C)(C)C)n1. The monoisotopic (exact) mass is 376 g/mol. The van der Waals surface area contributed by atoms with Crippen molar-refractivity contribution in [2.75, 3.05) is 18.5 Å². The van der Waals surface area contributed by atoms with Gasteiger partial charge in [-0.1, -0.05) is 39.0 Å². The molecule has 1 amide bonds. The van der Waals surface area contributed by atoms with Crippen molar-refractivity contribution in [2.45, 2.75) is 39.5 Å². The number of thiazole rings is 1. The lowest BCUT2D eigenvalue weighted by Gasteiger charge is -2.22. The van der Waals surface area contributed by atoms with Crippen LogP contribution in [0.5, 0.6) is 5.75 Å². The predicted octanol–water partition coefficient (Wildman–Crippen LogP) is 3.56. The van der Waals surface area contributed by atoms with Crippen molar-refractivity contribution < 1.29 is 19.1 Å². The van der Waals surface area contributed by atoms with E-state index < -0.39 is 0 Å². The number of ether oxygens (including phenoxy) is 2. The van der Waals surface area contributed by atoms with Gasteiger partial charge >= 0.3 is 5.97 Å². The van der Waals surface area contributed by atoms with E-state index in [1.54, 1.807) is 12.3 Å². The topological polar surface area (TPSA) is 77.5 Å². The Labute approximate surface area is 157 Å². The lowest BCUT2D eigenvalue weighted by Crippen LogP contribution is -2.22. The number of esters is 1. The van der Waals surface area contributed by atoms with Crippen LogP contribution in [0.15, 0.2) is 29.6 Å². The van der Waals surface area contributed by atoms with Crippen molar-refractivity contribution in [3.05, 3.63) is 40.9 Å². The lowest BCUT2D eigenvalue weighted by molar-refractivity contribution is -0.142. The first kappa shape index (κ1) is 19.9. The smallest absolute Gasteiger partial charge is 0.311 e. The minimum Gasteiger partial charge on any atom is -0.483 e. The van der Waals surface area contributed by atoms with Crippen LogP contribution in [-0.4, -0.2) is 30.1 Å². The molecule has 0 atom stereocenters. The maximum Gasteiger partial charge on any atom is 0.311 e. The summed E-state index contributed by atoms with van der Waals surface area (Å²) in [6.45, 7) is 8.25. The minimum atomic E-state index is -0.335. The number of nitrogens with zero attached hydrogens (tertiary/aromatic N) is 1. The summed E-state index contributed by atoms with van der Waals surface area (Å²) >= 11 is 1.26. The Balaban J connectivity index is 1.90. The highest BCUT2D eigenvalue weighted by atomic mass is 32.1. The van der Waals surface area contributed by atoms with E-state index in [0.717, 1.165) is 5.56 Å². The maximum atomic E-state index is 12.1. The largest absolute Gasteiger partial charge is 0.483 e. The zero-order valence-corrected chi connectivity index (χ0v) is 16.3. The van der Waals surface area contributed by atoms with Crippen LogP contribution in [-0.2, 0) is 26.2 Å². The van der Waals surface area contributed by atoms with E-state index in [1.807, 2.05) is 24.3 Å². The van der Waals surface area contributed by atoms with Crippen LogP contribution in [0, 0.1) is 0 Å². The molecule has 2 aromatic rings. The standard InChI is InChI=1S/C19H24N2O4S/c1-5-24-17(23)10-13-12-26-18(20-13)21-16(22)11-25-15-9-7-6-8-14(15)19(2,3)4/h6-9,12H,5,10-11H2,1-4H3,(H,20,21,22). The summed E-state index contributed by atoms with van der Waals surface area (Å²) < 4.78 is 10.6. The fraction of sp³-hybridized carbons (Fsp3) is 0.421. The number of carbonyl (C=O) groups is 2. The number of carbonyl (C=O) groups excluding carboxylic acids is 2. The molecule has 1 aromatic heterocycles. The van der Waals surface area contributed by atoms with Gasteiger partial charge in [0, 0.05) is 5.38 Å². The van der Waals surface area contributed by atoms with Crippen LogP contribution in [0.4, 0.5) is 5.13 Å². The molecule has 0 aliphatic rings. The maximum absolute atomic E-state index is 12.1. The van der Waals surface area contributed by atoms with Gasteiger partial charge in [-0.05, 0) is 24.0 Å². The van der Waals surface area contributed by atoms with Crippen molar-refractivity contribution in [2.24, 2.45) is 0 Å².